The van der Waals surface area contributed by atoms with E-state index in [1.165, 1.54) is 10.6 Å². The van der Waals surface area contributed by atoms with Crippen LogP contribution in [0.2, 0.25) is 0 Å². The Labute approximate surface area is 670 Å². The molecule has 8 amide bonds. The normalized spacial score (nSPS) is 15.5. The average molecular weight is 1610 g/mol. The van der Waals surface area contributed by atoms with Crippen molar-refractivity contribution in [2.75, 3.05) is 129 Å². The van der Waals surface area contributed by atoms with Crippen molar-refractivity contribution in [2.24, 2.45) is 11.7 Å². The van der Waals surface area contributed by atoms with Gasteiger partial charge in [-0.25, -0.2) is 28.4 Å². The molecular formula is C82H103FN14O19. The van der Waals surface area contributed by atoms with Gasteiger partial charge in [-0.05, 0) is 104 Å². The number of nitrogens with zero attached hydrogens (tertiary/aromatic N) is 6. The van der Waals surface area contributed by atoms with E-state index < -0.39 is 76.8 Å². The van der Waals surface area contributed by atoms with Crippen LogP contribution in [0, 0.1) is 18.7 Å². The summed E-state index contributed by atoms with van der Waals surface area (Å²) in [6, 6.07) is 21.2. The second-order valence-corrected chi connectivity index (χ2v) is 28.7. The maximum absolute atomic E-state index is 15.5. The number of aromatic nitrogens is 5. The Morgan fingerprint density at radius 1 is 0.716 bits per heavy atom. The molecule has 0 fully saturated rings. The van der Waals surface area contributed by atoms with Gasteiger partial charge in [0.05, 0.1) is 152 Å². The Balaban J connectivity index is 0.554. The molecule has 622 valence electrons. The van der Waals surface area contributed by atoms with Gasteiger partial charge in [-0.2, -0.15) is 0 Å². The zero-order valence-corrected chi connectivity index (χ0v) is 66.0. The molecule has 0 unspecified atom stereocenters. The quantitative estimate of drug-likeness (QED) is 0.0167. The van der Waals surface area contributed by atoms with Crippen LogP contribution in [-0.2, 0) is 116 Å². The molecule has 3 aromatic heterocycles. The maximum atomic E-state index is 15.5. The molecule has 34 heteroatoms. The molecule has 3 aliphatic heterocycles. The minimum absolute atomic E-state index is 0.0247. The van der Waals surface area contributed by atoms with E-state index in [1.54, 1.807) is 62.9 Å². The average Bonchev–Trinajstić information content (AvgIpc) is 1.35. The number of rotatable bonds is 44. The summed E-state index contributed by atoms with van der Waals surface area (Å²) in [5.41, 5.74) is 12.0. The molecule has 33 nitrogen and oxygen atoms in total. The zero-order valence-electron chi connectivity index (χ0n) is 66.0. The van der Waals surface area contributed by atoms with E-state index in [4.69, 9.17) is 53.3 Å². The summed E-state index contributed by atoms with van der Waals surface area (Å²) in [5, 5.41) is 40.9. The smallest absolute Gasteiger partial charge is 0.407 e. The lowest BCUT2D eigenvalue weighted by molar-refractivity contribution is -0.172. The van der Waals surface area contributed by atoms with Gasteiger partial charge in [0.2, 0.25) is 29.5 Å². The molecule has 7 aromatic rings. The number of halogens is 1. The zero-order chi connectivity index (χ0) is 82.3. The van der Waals surface area contributed by atoms with E-state index in [1.807, 2.05) is 60.3 Å². The van der Waals surface area contributed by atoms with Crippen LogP contribution in [0.3, 0.4) is 0 Å². The van der Waals surface area contributed by atoms with E-state index in [0.717, 1.165) is 34.5 Å². The van der Waals surface area contributed by atoms with Gasteiger partial charge in [-0.15, -0.1) is 5.10 Å². The van der Waals surface area contributed by atoms with Crippen molar-refractivity contribution < 1.29 is 90.5 Å². The van der Waals surface area contributed by atoms with Crippen LogP contribution >= 0.6 is 0 Å². The number of cyclic esters (lactones) is 1. The number of carbonyl (C=O) groups excluding carboxylic acids is 8. The van der Waals surface area contributed by atoms with Crippen molar-refractivity contribution >= 4 is 69.9 Å². The topological polar surface area (TPSA) is 419 Å². The van der Waals surface area contributed by atoms with Crippen LogP contribution in [-0.4, -0.2) is 209 Å². The lowest BCUT2D eigenvalue weighted by Crippen LogP contribution is -2.54. The monoisotopic (exact) mass is 1610 g/mol. The number of ether oxygens (including phenoxy) is 9. The van der Waals surface area contributed by atoms with Gasteiger partial charge in [0, 0.05) is 78.3 Å². The number of primary amides is 1. The summed E-state index contributed by atoms with van der Waals surface area (Å²) in [6.07, 6.45) is 0.140. The van der Waals surface area contributed by atoms with Crippen molar-refractivity contribution in [2.45, 2.75) is 136 Å². The van der Waals surface area contributed by atoms with E-state index in [2.05, 4.69) is 47.5 Å². The highest BCUT2D eigenvalue weighted by atomic mass is 19.1. The molecule has 0 spiro atoms. The number of nitrogens with two attached hydrogens (primary N) is 1. The van der Waals surface area contributed by atoms with Gasteiger partial charge in [-0.1, -0.05) is 80.6 Å². The van der Waals surface area contributed by atoms with Crippen LogP contribution < -0.4 is 53.4 Å². The summed E-state index contributed by atoms with van der Waals surface area (Å²) in [5.74, 6) is -3.91. The molecule has 4 aromatic carbocycles. The van der Waals surface area contributed by atoms with Gasteiger partial charge < -0.3 is 100 Å². The highest BCUT2D eigenvalue weighted by Crippen LogP contribution is 2.47. The maximum Gasteiger partial charge on any atom is 0.407 e. The van der Waals surface area contributed by atoms with E-state index in [-0.39, 0.29) is 154 Å². The first-order valence-corrected chi connectivity index (χ1v) is 39.3. The minimum atomic E-state index is -2.06. The Kier molecular flexibility index (Phi) is 31.0. The number of likely N-dealkylation sites (N-methyl/N-ethyl adjacent to an activating group) is 1. The number of pyridine rings is 2. The summed E-state index contributed by atoms with van der Waals surface area (Å²) >= 11 is 0. The summed E-state index contributed by atoms with van der Waals surface area (Å²) < 4.78 is 69.3. The number of amides is 8. The van der Waals surface area contributed by atoms with Gasteiger partial charge in [0.1, 0.15) is 36.8 Å². The Hall–Kier alpha value is -10.7. The van der Waals surface area contributed by atoms with Crippen molar-refractivity contribution in [3.8, 4) is 33.9 Å². The van der Waals surface area contributed by atoms with Crippen molar-refractivity contribution in [1.82, 2.24) is 56.4 Å². The highest BCUT2D eigenvalue weighted by molar-refractivity contribution is 6.02. The van der Waals surface area contributed by atoms with Crippen LogP contribution in [0.25, 0.3) is 44.8 Å². The number of nitrogens with one attached hydrogen (secondary N) is 7. The molecule has 1 aliphatic carbocycles. The minimum Gasteiger partial charge on any atom is -0.458 e. The van der Waals surface area contributed by atoms with Crippen LogP contribution in [0.4, 0.5) is 25.4 Å². The van der Waals surface area contributed by atoms with Crippen LogP contribution in [0.1, 0.15) is 116 Å². The molecule has 4 atom stereocenters. The molecule has 0 saturated heterocycles. The molecule has 6 heterocycles. The standard InChI is InChI=1S/C82H103FN14O19/c1-6-82(107)60-44-66-73-58(47-96(66)78(103)59(60)49-115-79(82)104)71-62(22-21-55-51(4)61(83)45-64(89-73)70(55)71)91-81(106)116-48-52-17-19-54(20-18-52)88-76(101)63(15-11-26-87-80(84)105)90-77(102)72(50(2)3)92-68(99)25-30-108-34-38-112-42-43-114-40-36-110-32-28-86-67(98)23-24-69(100)95-46-53-12-7-8-13-56(53)75-74(57-14-9-10-16-65(57)95)93-94-97(75)29-33-111-37-41-113-39-35-109-31-27-85-5/h7-10,12-14,16-20,44-45,50,62-63,72,85,107H,6,11,15,21-43,46-49H2,1-5H3,(H,86,98)(H,88,101)(H,90,102)(H,91,106)(H,92,99)(H3,84,87,105)/t62-,63-,72-,82-/m0/s1. The third kappa shape index (κ3) is 21.7. The van der Waals surface area contributed by atoms with Gasteiger partial charge in [-0.3, -0.25) is 28.8 Å². The predicted octanol–water partition coefficient (Wildman–Crippen LogP) is 5.55. The number of aryl methyl sites for hydroxylation is 1. The second-order valence-electron chi connectivity index (χ2n) is 28.7. The fourth-order valence-electron chi connectivity index (χ4n) is 14.5. The molecule has 10 N–H and O–H groups in total. The number of fused-ring (bicyclic) bond motifs is 10. The predicted molar refractivity (Wildman–Crippen MR) is 423 cm³/mol. The Bertz CT molecular complexity index is 4710. The number of carbonyl (C=O) groups is 8. The van der Waals surface area contributed by atoms with Crippen LogP contribution in [0.5, 0.6) is 0 Å². The molecule has 0 saturated carbocycles. The first kappa shape index (κ1) is 86.2. The third-order valence-corrected chi connectivity index (χ3v) is 20.6. The van der Waals surface area contributed by atoms with E-state index in [9.17, 15) is 48.3 Å². The first-order valence-electron chi connectivity index (χ1n) is 39.3. The number of aliphatic hydroxyl groups is 1. The SMILES string of the molecule is CC[C@@]1(O)C(=O)OCc2c1cc1n(c2=O)Cc2c-1nc1cc(F)c(C)c3c1c2[C@@H](NC(=O)OCc1ccc(NC(=O)[C@H](CCCNC(N)=O)NC(=O)[C@@H](NC(=O)CCOCCOCCOCCOCCNC(=O)CCC(=O)N2Cc4ccccc4-c4c(nnn4CCOCCOCCOCCNC)-c4ccccc42)C(C)C)cc1)CC3. The molecular weight excluding hydrogens is 1500 g/mol. The number of esters is 1. The number of alkyl carbamates (subject to hydrolysis) is 1. The van der Waals surface area contributed by atoms with Crippen LogP contribution in [0.15, 0.2) is 89.7 Å². The van der Waals surface area contributed by atoms with Crippen molar-refractivity contribution in [3.05, 3.63) is 146 Å². The second kappa shape index (κ2) is 41.7. The van der Waals surface area contributed by atoms with E-state index >= 15 is 4.39 Å². The third-order valence-electron chi connectivity index (χ3n) is 20.6. The highest BCUT2D eigenvalue weighted by Gasteiger charge is 2.46. The molecule has 0 bridgehead atoms. The first-order chi connectivity index (χ1) is 56.2. The lowest BCUT2D eigenvalue weighted by Gasteiger charge is -2.31. The number of hydrogen-bond acceptors (Lipinski definition) is 23. The Morgan fingerprint density at radius 2 is 1.38 bits per heavy atom. The van der Waals surface area contributed by atoms with E-state index in [0.29, 0.717) is 121 Å². The fraction of sp³-hybridized carbons (Fsp3) is 0.488. The lowest BCUT2D eigenvalue weighted by atomic mass is 9.81. The fourth-order valence-corrected chi connectivity index (χ4v) is 14.5. The summed E-state index contributed by atoms with van der Waals surface area (Å²) in [6.45, 7) is 12.8. The number of anilines is 2. The number of urea groups is 1. The summed E-state index contributed by atoms with van der Waals surface area (Å²) in [4.78, 5) is 127. The summed E-state index contributed by atoms with van der Waals surface area (Å²) in [7, 11) is 1.88. The van der Waals surface area contributed by atoms with Crippen molar-refractivity contribution in [1.29, 1.82) is 0 Å². The van der Waals surface area contributed by atoms with Gasteiger partial charge in [0.25, 0.3) is 5.56 Å². The molecule has 116 heavy (non-hydrogen) atoms. The van der Waals surface area contributed by atoms with Gasteiger partial charge >= 0.3 is 18.1 Å². The van der Waals surface area contributed by atoms with Gasteiger partial charge in [0.15, 0.2) is 5.60 Å². The molecule has 0 radical (unpaired) electrons. The number of para-hydroxylation sites is 1. The number of benzene rings is 4. The molecule has 11 rings (SSSR count). The number of hydrogen-bond donors (Lipinski definition) is 9. The Morgan fingerprint density at radius 3 is 2.07 bits per heavy atom. The largest absolute Gasteiger partial charge is 0.458 e. The molecule has 4 aliphatic rings. The van der Waals surface area contributed by atoms with Crippen molar-refractivity contribution in [3.63, 3.8) is 0 Å².